The maximum absolute atomic E-state index is 12.9. The van der Waals surface area contributed by atoms with Gasteiger partial charge >= 0.3 is 0 Å². The molecule has 7 heteroatoms. The van der Waals surface area contributed by atoms with E-state index >= 15 is 0 Å². The summed E-state index contributed by atoms with van der Waals surface area (Å²) < 4.78 is 1.70. The predicted octanol–water partition coefficient (Wildman–Crippen LogP) is 3.32. The molecule has 1 amide bonds. The van der Waals surface area contributed by atoms with E-state index in [1.807, 2.05) is 29.2 Å². The van der Waals surface area contributed by atoms with Crippen molar-refractivity contribution in [3.8, 4) is 0 Å². The summed E-state index contributed by atoms with van der Waals surface area (Å²) in [5.74, 6) is 0.568. The maximum atomic E-state index is 12.9. The summed E-state index contributed by atoms with van der Waals surface area (Å²) in [4.78, 5) is 17.5. The van der Waals surface area contributed by atoms with Crippen molar-refractivity contribution in [3.63, 3.8) is 0 Å². The number of amides is 1. The molecule has 2 aromatic rings. The first-order valence-corrected chi connectivity index (χ1v) is 10.7. The maximum Gasteiger partial charge on any atom is 0.276 e. The minimum Gasteiger partial charge on any atom is -0.337 e. The largest absolute Gasteiger partial charge is 0.337 e. The van der Waals surface area contributed by atoms with E-state index in [1.165, 1.54) is 38.8 Å². The molecular formula is C21H28ClN5O. The molecule has 0 saturated carbocycles. The lowest BCUT2D eigenvalue weighted by atomic mass is 9.96. The van der Waals surface area contributed by atoms with E-state index in [1.54, 1.807) is 10.9 Å². The number of benzene rings is 1. The molecule has 2 fully saturated rings. The van der Waals surface area contributed by atoms with Crippen LogP contribution in [-0.2, 0) is 6.54 Å². The van der Waals surface area contributed by atoms with E-state index < -0.39 is 0 Å². The zero-order valence-electron chi connectivity index (χ0n) is 16.3. The molecule has 1 atom stereocenters. The van der Waals surface area contributed by atoms with E-state index in [9.17, 15) is 4.79 Å². The number of likely N-dealkylation sites (tertiary alicyclic amines) is 2. The van der Waals surface area contributed by atoms with Gasteiger partial charge in [0.05, 0.1) is 12.7 Å². The first-order valence-electron chi connectivity index (χ1n) is 10.3. The molecule has 0 radical (unpaired) electrons. The second-order valence-corrected chi connectivity index (χ2v) is 8.49. The second kappa shape index (κ2) is 9.05. The fourth-order valence-electron chi connectivity index (χ4n) is 4.36. The quantitative estimate of drug-likeness (QED) is 0.771. The van der Waals surface area contributed by atoms with Crippen LogP contribution in [-0.4, -0.2) is 63.4 Å². The molecule has 150 valence electrons. The lowest BCUT2D eigenvalue weighted by Gasteiger charge is -2.36. The molecule has 3 heterocycles. The van der Waals surface area contributed by atoms with Crippen LogP contribution < -0.4 is 0 Å². The van der Waals surface area contributed by atoms with Gasteiger partial charge in [0.2, 0.25) is 0 Å². The van der Waals surface area contributed by atoms with Crippen molar-refractivity contribution in [1.82, 2.24) is 24.8 Å². The third-order valence-electron chi connectivity index (χ3n) is 5.76. The summed E-state index contributed by atoms with van der Waals surface area (Å²) in [6.45, 7) is 5.74. The molecule has 0 bridgehead atoms. The van der Waals surface area contributed by atoms with Crippen LogP contribution in [0, 0.1) is 5.92 Å². The summed E-state index contributed by atoms with van der Waals surface area (Å²) in [6, 6.07) is 7.65. The molecule has 1 unspecified atom stereocenters. The van der Waals surface area contributed by atoms with Crippen molar-refractivity contribution < 1.29 is 4.79 Å². The Kier molecular flexibility index (Phi) is 6.27. The summed E-state index contributed by atoms with van der Waals surface area (Å²) in [5, 5.41) is 8.96. The van der Waals surface area contributed by atoms with E-state index in [0.29, 0.717) is 23.2 Å². The van der Waals surface area contributed by atoms with Crippen LogP contribution in [0.1, 0.15) is 48.2 Å². The van der Waals surface area contributed by atoms with Crippen LogP contribution in [0.25, 0.3) is 0 Å². The fraction of sp³-hybridized carbons (Fsp3) is 0.571. The van der Waals surface area contributed by atoms with Gasteiger partial charge in [-0.15, -0.1) is 5.10 Å². The van der Waals surface area contributed by atoms with Gasteiger partial charge in [-0.3, -0.25) is 4.79 Å². The van der Waals surface area contributed by atoms with Crippen LogP contribution in [0.2, 0.25) is 5.02 Å². The van der Waals surface area contributed by atoms with Gasteiger partial charge in [0.25, 0.3) is 5.91 Å². The van der Waals surface area contributed by atoms with Crippen molar-refractivity contribution in [3.05, 3.63) is 46.7 Å². The van der Waals surface area contributed by atoms with Crippen molar-refractivity contribution in [2.75, 3.05) is 32.7 Å². The number of carbonyl (C=O) groups excluding carboxylic acids is 1. The number of hydrogen-bond donors (Lipinski definition) is 0. The van der Waals surface area contributed by atoms with E-state index in [4.69, 9.17) is 11.6 Å². The lowest BCUT2D eigenvalue weighted by molar-refractivity contribution is 0.0625. The van der Waals surface area contributed by atoms with Crippen LogP contribution in [0.4, 0.5) is 0 Å². The first-order chi connectivity index (χ1) is 13.7. The third kappa shape index (κ3) is 4.92. The number of hydrogen-bond acceptors (Lipinski definition) is 4. The number of nitrogens with zero attached hydrogens (tertiary/aromatic N) is 5. The molecule has 0 aliphatic carbocycles. The molecule has 2 saturated heterocycles. The average molecular weight is 402 g/mol. The Morgan fingerprint density at radius 2 is 2.00 bits per heavy atom. The Balaban J connectivity index is 1.35. The van der Waals surface area contributed by atoms with Crippen molar-refractivity contribution in [1.29, 1.82) is 0 Å². The monoisotopic (exact) mass is 401 g/mol. The van der Waals surface area contributed by atoms with E-state index in [2.05, 4.69) is 15.2 Å². The molecular weight excluding hydrogens is 374 g/mol. The van der Waals surface area contributed by atoms with Gasteiger partial charge in [-0.25, -0.2) is 4.68 Å². The highest BCUT2D eigenvalue weighted by Crippen LogP contribution is 2.21. The molecule has 4 rings (SSSR count). The van der Waals surface area contributed by atoms with Gasteiger partial charge in [-0.1, -0.05) is 35.4 Å². The van der Waals surface area contributed by atoms with Gasteiger partial charge in [0, 0.05) is 24.7 Å². The SMILES string of the molecule is O=C(c1cn(Cc2cccc(Cl)c2)nn1)N1CCCC(CN2CCCCC2)C1. The molecule has 1 aromatic heterocycles. The molecule has 2 aliphatic heterocycles. The molecule has 2 aliphatic rings. The highest BCUT2D eigenvalue weighted by atomic mass is 35.5. The minimum absolute atomic E-state index is 0.000637. The number of aromatic nitrogens is 3. The van der Waals surface area contributed by atoms with E-state index in [0.717, 1.165) is 31.6 Å². The van der Waals surface area contributed by atoms with Gasteiger partial charge in [-0.2, -0.15) is 0 Å². The zero-order valence-corrected chi connectivity index (χ0v) is 17.0. The van der Waals surface area contributed by atoms with Crippen LogP contribution in [0.3, 0.4) is 0 Å². The number of halogens is 1. The Morgan fingerprint density at radius 1 is 1.14 bits per heavy atom. The van der Waals surface area contributed by atoms with Crippen LogP contribution in [0.5, 0.6) is 0 Å². The Hall–Kier alpha value is -1.92. The Labute approximate surface area is 171 Å². The van der Waals surface area contributed by atoms with Crippen molar-refractivity contribution in [2.45, 2.75) is 38.6 Å². The van der Waals surface area contributed by atoms with Crippen LogP contribution in [0.15, 0.2) is 30.5 Å². The fourth-order valence-corrected chi connectivity index (χ4v) is 4.58. The Bertz CT molecular complexity index is 802. The first kappa shape index (κ1) is 19.4. The topological polar surface area (TPSA) is 54.3 Å². The van der Waals surface area contributed by atoms with Crippen LogP contribution >= 0.6 is 11.6 Å². The highest BCUT2D eigenvalue weighted by Gasteiger charge is 2.27. The summed E-state index contributed by atoms with van der Waals surface area (Å²) in [6.07, 6.45) is 8.01. The van der Waals surface area contributed by atoms with Crippen molar-refractivity contribution in [2.24, 2.45) is 5.92 Å². The standard InChI is InChI=1S/C21H28ClN5O/c22-19-8-4-6-17(12-19)15-27-16-20(23-24-27)21(28)26-11-5-7-18(14-26)13-25-9-2-1-3-10-25/h4,6,8,12,16,18H,1-3,5,7,9-11,13-15H2. The summed E-state index contributed by atoms with van der Waals surface area (Å²) in [5.41, 5.74) is 1.47. The van der Waals surface area contributed by atoms with Gasteiger partial charge in [-0.05, 0) is 62.4 Å². The number of carbonyl (C=O) groups is 1. The molecule has 6 nitrogen and oxygen atoms in total. The van der Waals surface area contributed by atoms with Gasteiger partial charge in [0.1, 0.15) is 0 Å². The Morgan fingerprint density at radius 3 is 2.82 bits per heavy atom. The molecule has 28 heavy (non-hydrogen) atoms. The van der Waals surface area contributed by atoms with Gasteiger partial charge in [0.15, 0.2) is 5.69 Å². The average Bonchev–Trinajstić information content (AvgIpc) is 3.17. The minimum atomic E-state index is 0.000637. The lowest BCUT2D eigenvalue weighted by Crippen LogP contribution is -2.44. The summed E-state index contributed by atoms with van der Waals surface area (Å²) >= 11 is 6.04. The van der Waals surface area contributed by atoms with Gasteiger partial charge < -0.3 is 9.80 Å². The zero-order chi connectivity index (χ0) is 19.3. The molecule has 1 aromatic carbocycles. The van der Waals surface area contributed by atoms with E-state index in [-0.39, 0.29) is 5.91 Å². The summed E-state index contributed by atoms with van der Waals surface area (Å²) in [7, 11) is 0. The predicted molar refractivity (Wildman–Crippen MR) is 109 cm³/mol. The normalized spacial score (nSPS) is 21.0. The molecule has 0 spiro atoms. The smallest absolute Gasteiger partial charge is 0.276 e. The number of piperidine rings is 2. The molecule has 0 N–H and O–H groups in total. The second-order valence-electron chi connectivity index (χ2n) is 8.05. The number of rotatable bonds is 5. The third-order valence-corrected chi connectivity index (χ3v) is 6.00. The highest BCUT2D eigenvalue weighted by molar-refractivity contribution is 6.30. The van der Waals surface area contributed by atoms with Crippen molar-refractivity contribution >= 4 is 17.5 Å².